The Bertz CT molecular complexity index is 315. The van der Waals surface area contributed by atoms with Gasteiger partial charge in [0.25, 0.3) is 0 Å². The highest BCUT2D eigenvalue weighted by Crippen LogP contribution is 2.04. The number of aromatic nitrogens is 2. The van der Waals surface area contributed by atoms with Crippen LogP contribution in [0.1, 0.15) is 0 Å². The molecule has 6 heteroatoms. The van der Waals surface area contributed by atoms with E-state index in [4.69, 9.17) is 15.2 Å². The molecule has 0 radical (unpaired) electrons. The van der Waals surface area contributed by atoms with Gasteiger partial charge in [-0.1, -0.05) is 0 Å². The van der Waals surface area contributed by atoms with E-state index in [0.29, 0.717) is 38.1 Å². The molecule has 1 aromatic rings. The lowest BCUT2D eigenvalue weighted by atomic mass is 10.3. The zero-order valence-corrected chi connectivity index (χ0v) is 8.35. The van der Waals surface area contributed by atoms with E-state index in [-0.39, 0.29) is 6.10 Å². The summed E-state index contributed by atoms with van der Waals surface area (Å²) in [6.45, 7) is 2.55. The molecule has 82 valence electrons. The van der Waals surface area contributed by atoms with Crippen LogP contribution >= 0.6 is 0 Å². The summed E-state index contributed by atoms with van der Waals surface area (Å²) in [6, 6.07) is 1.64. The zero-order chi connectivity index (χ0) is 10.5. The largest absolute Gasteiger partial charge is 0.384 e. The van der Waals surface area contributed by atoms with Gasteiger partial charge in [0.1, 0.15) is 5.82 Å². The van der Waals surface area contributed by atoms with E-state index in [1.165, 1.54) is 0 Å². The first-order valence-electron chi connectivity index (χ1n) is 4.86. The molecule has 0 spiro atoms. The lowest BCUT2D eigenvalue weighted by Crippen LogP contribution is -2.34. The molecular weight excluding hydrogens is 196 g/mol. The van der Waals surface area contributed by atoms with Gasteiger partial charge in [0, 0.05) is 12.7 Å². The second-order valence-electron chi connectivity index (χ2n) is 3.25. The number of nitrogens with two attached hydrogens (primary N) is 1. The van der Waals surface area contributed by atoms with Crippen molar-refractivity contribution in [1.82, 2.24) is 9.97 Å². The molecule has 1 atom stereocenters. The molecule has 0 saturated carbocycles. The molecule has 0 amide bonds. The molecule has 0 aliphatic carbocycles. The second-order valence-corrected chi connectivity index (χ2v) is 3.25. The SMILES string of the molecule is Nc1ccnc(NCC2COCCO2)n1. The van der Waals surface area contributed by atoms with Gasteiger partial charge in [-0.05, 0) is 6.07 Å². The number of hydrogen-bond acceptors (Lipinski definition) is 6. The molecule has 1 aliphatic heterocycles. The third kappa shape index (κ3) is 3.03. The summed E-state index contributed by atoms with van der Waals surface area (Å²) in [7, 11) is 0. The average Bonchev–Trinajstić information content (AvgIpc) is 2.28. The van der Waals surface area contributed by atoms with Crippen molar-refractivity contribution in [3.63, 3.8) is 0 Å². The van der Waals surface area contributed by atoms with Gasteiger partial charge in [-0.15, -0.1) is 0 Å². The third-order valence-corrected chi connectivity index (χ3v) is 2.05. The minimum atomic E-state index is 0.0591. The number of nitrogens with one attached hydrogen (secondary N) is 1. The van der Waals surface area contributed by atoms with E-state index in [2.05, 4.69) is 15.3 Å². The Hall–Kier alpha value is -1.40. The Morgan fingerprint density at radius 2 is 2.47 bits per heavy atom. The maximum atomic E-state index is 5.52. The van der Waals surface area contributed by atoms with Crippen molar-refractivity contribution in [2.45, 2.75) is 6.10 Å². The van der Waals surface area contributed by atoms with E-state index in [1.807, 2.05) is 0 Å². The van der Waals surface area contributed by atoms with Gasteiger partial charge < -0.3 is 20.5 Å². The number of ether oxygens (including phenoxy) is 2. The maximum absolute atomic E-state index is 5.52. The van der Waals surface area contributed by atoms with Crippen molar-refractivity contribution in [2.24, 2.45) is 0 Å². The van der Waals surface area contributed by atoms with Crippen molar-refractivity contribution in [3.8, 4) is 0 Å². The van der Waals surface area contributed by atoms with Gasteiger partial charge in [0.15, 0.2) is 0 Å². The van der Waals surface area contributed by atoms with E-state index in [0.717, 1.165) is 0 Å². The molecule has 1 fully saturated rings. The van der Waals surface area contributed by atoms with Crippen LogP contribution < -0.4 is 11.1 Å². The quantitative estimate of drug-likeness (QED) is 0.724. The molecule has 2 rings (SSSR count). The molecule has 1 unspecified atom stereocenters. The molecule has 1 saturated heterocycles. The number of rotatable bonds is 3. The number of hydrogen-bond donors (Lipinski definition) is 2. The van der Waals surface area contributed by atoms with Gasteiger partial charge >= 0.3 is 0 Å². The summed E-state index contributed by atoms with van der Waals surface area (Å²) >= 11 is 0. The molecule has 6 nitrogen and oxygen atoms in total. The summed E-state index contributed by atoms with van der Waals surface area (Å²) in [5, 5.41) is 3.05. The minimum Gasteiger partial charge on any atom is -0.384 e. The predicted octanol–water partition coefficient (Wildman–Crippen LogP) is -0.114. The second kappa shape index (κ2) is 4.90. The molecule has 0 bridgehead atoms. The topological polar surface area (TPSA) is 82.3 Å². The van der Waals surface area contributed by atoms with Crippen LogP contribution in [0.25, 0.3) is 0 Å². The molecular formula is C9H14N4O2. The highest BCUT2D eigenvalue weighted by Gasteiger charge is 2.14. The fourth-order valence-corrected chi connectivity index (χ4v) is 1.32. The lowest BCUT2D eigenvalue weighted by Gasteiger charge is -2.22. The Labute approximate surface area is 87.8 Å². The Morgan fingerprint density at radius 1 is 1.53 bits per heavy atom. The molecule has 3 N–H and O–H groups in total. The smallest absolute Gasteiger partial charge is 0.224 e. The first-order chi connectivity index (χ1) is 7.34. The van der Waals surface area contributed by atoms with Crippen LogP contribution in [0.2, 0.25) is 0 Å². The van der Waals surface area contributed by atoms with Crippen molar-refractivity contribution in [3.05, 3.63) is 12.3 Å². The number of nitrogen functional groups attached to an aromatic ring is 1. The standard InChI is InChI=1S/C9H14N4O2/c10-8-1-2-11-9(13-8)12-5-7-6-14-3-4-15-7/h1-2,7H,3-6H2,(H3,10,11,12,13). The molecule has 1 aliphatic rings. The van der Waals surface area contributed by atoms with Gasteiger partial charge in [-0.2, -0.15) is 4.98 Å². The van der Waals surface area contributed by atoms with Crippen molar-refractivity contribution < 1.29 is 9.47 Å². The first-order valence-corrected chi connectivity index (χ1v) is 4.86. The van der Waals surface area contributed by atoms with Crippen molar-refractivity contribution >= 4 is 11.8 Å². The van der Waals surface area contributed by atoms with E-state index in [9.17, 15) is 0 Å². The van der Waals surface area contributed by atoms with Crippen molar-refractivity contribution in [1.29, 1.82) is 0 Å². The first kappa shape index (κ1) is 10.1. The van der Waals surface area contributed by atoms with Crippen LogP contribution in [-0.2, 0) is 9.47 Å². The minimum absolute atomic E-state index is 0.0591. The predicted molar refractivity (Wildman–Crippen MR) is 55.5 cm³/mol. The fraction of sp³-hybridized carbons (Fsp3) is 0.556. The number of anilines is 2. The fourth-order valence-electron chi connectivity index (χ4n) is 1.32. The van der Waals surface area contributed by atoms with Crippen LogP contribution in [0.5, 0.6) is 0 Å². The van der Waals surface area contributed by atoms with Crippen LogP contribution in [0.15, 0.2) is 12.3 Å². The average molecular weight is 210 g/mol. The highest BCUT2D eigenvalue weighted by atomic mass is 16.6. The van der Waals surface area contributed by atoms with Gasteiger partial charge in [0.2, 0.25) is 5.95 Å². The normalized spacial score (nSPS) is 21.2. The number of nitrogens with zero attached hydrogens (tertiary/aromatic N) is 2. The Morgan fingerprint density at radius 3 is 3.20 bits per heavy atom. The van der Waals surface area contributed by atoms with Gasteiger partial charge in [-0.3, -0.25) is 0 Å². The monoisotopic (exact) mass is 210 g/mol. The lowest BCUT2D eigenvalue weighted by molar-refractivity contribution is -0.0819. The van der Waals surface area contributed by atoms with Crippen LogP contribution in [-0.4, -0.2) is 42.4 Å². The Kier molecular flexibility index (Phi) is 3.31. The van der Waals surface area contributed by atoms with E-state index < -0.39 is 0 Å². The van der Waals surface area contributed by atoms with Crippen LogP contribution in [0.3, 0.4) is 0 Å². The molecule has 2 heterocycles. The maximum Gasteiger partial charge on any atom is 0.224 e. The molecule has 0 aromatic carbocycles. The van der Waals surface area contributed by atoms with E-state index >= 15 is 0 Å². The summed E-state index contributed by atoms with van der Waals surface area (Å²) in [4.78, 5) is 8.04. The van der Waals surface area contributed by atoms with Crippen LogP contribution in [0.4, 0.5) is 11.8 Å². The summed E-state index contributed by atoms with van der Waals surface area (Å²) < 4.78 is 10.7. The van der Waals surface area contributed by atoms with Gasteiger partial charge in [0.05, 0.1) is 25.9 Å². The summed E-state index contributed by atoms with van der Waals surface area (Å²) in [5.41, 5.74) is 5.52. The van der Waals surface area contributed by atoms with Crippen molar-refractivity contribution in [2.75, 3.05) is 37.4 Å². The summed E-state index contributed by atoms with van der Waals surface area (Å²) in [5.74, 6) is 0.970. The van der Waals surface area contributed by atoms with E-state index in [1.54, 1.807) is 12.3 Å². The zero-order valence-electron chi connectivity index (χ0n) is 8.35. The summed E-state index contributed by atoms with van der Waals surface area (Å²) in [6.07, 6.45) is 1.67. The molecule has 1 aromatic heterocycles. The Balaban J connectivity index is 1.81. The molecule has 15 heavy (non-hydrogen) atoms. The van der Waals surface area contributed by atoms with Gasteiger partial charge in [-0.25, -0.2) is 4.98 Å². The third-order valence-electron chi connectivity index (χ3n) is 2.05. The highest BCUT2D eigenvalue weighted by molar-refractivity contribution is 5.34. The van der Waals surface area contributed by atoms with Crippen LogP contribution in [0, 0.1) is 0 Å².